The highest BCUT2D eigenvalue weighted by Crippen LogP contribution is 2.52. The summed E-state index contributed by atoms with van der Waals surface area (Å²) in [5.41, 5.74) is 1.34. The minimum Gasteiger partial charge on any atom is -0.378 e. The van der Waals surface area contributed by atoms with Crippen molar-refractivity contribution >= 4 is 40.7 Å². The number of carbonyl (C=O) groups is 3. The van der Waals surface area contributed by atoms with Gasteiger partial charge in [-0.2, -0.15) is 0 Å². The average molecular weight is 611 g/mol. The van der Waals surface area contributed by atoms with Crippen LogP contribution in [0.3, 0.4) is 0 Å². The molecule has 4 unspecified atom stereocenters. The number of hydrogen-bond donors (Lipinski definition) is 1. The number of ketones is 1. The molecule has 42 heavy (non-hydrogen) atoms. The van der Waals surface area contributed by atoms with Crippen molar-refractivity contribution in [2.45, 2.75) is 18.0 Å². The van der Waals surface area contributed by atoms with Crippen molar-refractivity contribution in [3.8, 4) is 0 Å². The molecule has 220 valence electrons. The number of likely N-dealkylation sites (tertiary alicyclic amines) is 1. The quantitative estimate of drug-likeness (QED) is 0.432. The zero-order chi connectivity index (χ0) is 29.2. The Bertz CT molecular complexity index is 1320. The molecule has 1 N–H and O–H groups in total. The van der Waals surface area contributed by atoms with E-state index in [1.807, 2.05) is 23.6 Å². The molecule has 8 nitrogen and oxygen atoms in total. The fourth-order valence-electron chi connectivity index (χ4n) is 6.40. The van der Waals surface area contributed by atoms with Crippen molar-refractivity contribution in [2.75, 3.05) is 52.5 Å². The lowest BCUT2D eigenvalue weighted by Gasteiger charge is -2.39. The summed E-state index contributed by atoms with van der Waals surface area (Å²) in [6.07, 6.45) is 0. The highest BCUT2D eigenvalue weighted by atomic mass is 35.5. The standard InChI is InChI=1S/C31H32ClFN4O4S/c32-22-7-3-20(4-8-22)25-26(29(38)24-2-1-19-42-24)27(21-5-9-23(33)10-6-21)37(31(40)36-15-17-41-18-16-36)28(25)30(39)35-13-11-34-12-14-35/h1-10,19,25-28,34H,11-18H2. The van der Waals surface area contributed by atoms with Crippen LogP contribution in [0.5, 0.6) is 0 Å². The summed E-state index contributed by atoms with van der Waals surface area (Å²) in [5, 5.41) is 5.65. The van der Waals surface area contributed by atoms with Gasteiger partial charge in [0.1, 0.15) is 11.9 Å². The molecule has 6 rings (SSSR count). The SMILES string of the molecule is O=C(c1cccs1)C1C(c2ccc(Cl)cc2)C(C(=O)N2CCNCC2)N(C(=O)N2CCOCC2)C1c1ccc(F)cc1. The number of carbonyl (C=O) groups excluding carboxylic acids is 3. The number of thiophene rings is 1. The molecule has 3 aliphatic rings. The number of hydrogen-bond acceptors (Lipinski definition) is 6. The van der Waals surface area contributed by atoms with Gasteiger partial charge in [-0.25, -0.2) is 9.18 Å². The first kappa shape index (κ1) is 28.8. The van der Waals surface area contributed by atoms with Crippen molar-refractivity contribution in [3.63, 3.8) is 0 Å². The topological polar surface area (TPSA) is 82.2 Å². The van der Waals surface area contributed by atoms with Crippen molar-refractivity contribution in [3.05, 3.63) is 92.9 Å². The van der Waals surface area contributed by atoms with Gasteiger partial charge in [0.25, 0.3) is 0 Å². The summed E-state index contributed by atoms with van der Waals surface area (Å²) in [6.45, 7) is 3.77. The number of nitrogens with one attached hydrogen (secondary N) is 1. The van der Waals surface area contributed by atoms with Crippen LogP contribution in [0.1, 0.15) is 32.8 Å². The van der Waals surface area contributed by atoms with E-state index in [1.165, 1.54) is 23.5 Å². The molecule has 11 heteroatoms. The fourth-order valence-corrected chi connectivity index (χ4v) is 7.24. The van der Waals surface area contributed by atoms with Gasteiger partial charge in [0, 0.05) is 50.2 Å². The largest absolute Gasteiger partial charge is 0.378 e. The van der Waals surface area contributed by atoms with Crippen molar-refractivity contribution < 1.29 is 23.5 Å². The lowest BCUT2D eigenvalue weighted by molar-refractivity contribution is -0.136. The Morgan fingerprint density at radius 3 is 2.19 bits per heavy atom. The van der Waals surface area contributed by atoms with Gasteiger partial charge in [-0.1, -0.05) is 41.9 Å². The van der Waals surface area contributed by atoms with Crippen molar-refractivity contribution in [1.82, 2.24) is 20.0 Å². The molecule has 0 bridgehead atoms. The van der Waals surface area contributed by atoms with Gasteiger partial charge in [0.15, 0.2) is 5.78 Å². The number of benzene rings is 2. The van der Waals surface area contributed by atoms with Crippen LogP contribution in [0, 0.1) is 11.7 Å². The van der Waals surface area contributed by atoms with E-state index in [0.29, 0.717) is 67.9 Å². The fraction of sp³-hybridized carbons (Fsp3) is 0.387. The molecule has 3 fully saturated rings. The lowest BCUT2D eigenvalue weighted by atomic mass is 9.77. The van der Waals surface area contributed by atoms with Crippen LogP contribution < -0.4 is 5.32 Å². The number of rotatable bonds is 5. The summed E-state index contributed by atoms with van der Waals surface area (Å²) in [4.78, 5) is 49.3. The maximum atomic E-state index is 14.6. The predicted molar refractivity (Wildman–Crippen MR) is 158 cm³/mol. The first-order valence-corrected chi connectivity index (χ1v) is 15.4. The number of amides is 3. The molecular formula is C31H32ClFN4O4S. The highest BCUT2D eigenvalue weighted by Gasteiger charge is 2.59. The number of Topliss-reactive ketones (excluding diaryl/α,β-unsaturated/α-hetero) is 1. The Morgan fingerprint density at radius 1 is 0.881 bits per heavy atom. The molecule has 0 spiro atoms. The number of urea groups is 1. The first-order chi connectivity index (χ1) is 20.4. The number of nitrogens with zero attached hydrogens (tertiary/aromatic N) is 3. The number of ether oxygens (including phenoxy) is 1. The van der Waals surface area contributed by atoms with E-state index in [4.69, 9.17) is 16.3 Å². The van der Waals surface area contributed by atoms with Crippen LogP contribution in [-0.4, -0.2) is 90.9 Å². The van der Waals surface area contributed by atoms with Crippen molar-refractivity contribution in [2.24, 2.45) is 5.92 Å². The van der Waals surface area contributed by atoms with Gasteiger partial charge < -0.3 is 24.8 Å². The van der Waals surface area contributed by atoms with Crippen LogP contribution in [0.4, 0.5) is 9.18 Å². The van der Waals surface area contributed by atoms with E-state index in [2.05, 4.69) is 5.32 Å². The molecule has 3 aromatic rings. The molecule has 0 saturated carbocycles. The zero-order valence-electron chi connectivity index (χ0n) is 23.0. The minimum atomic E-state index is -0.969. The molecule has 0 aliphatic carbocycles. The van der Waals surface area contributed by atoms with Crippen LogP contribution >= 0.6 is 22.9 Å². The molecule has 3 amide bonds. The Balaban J connectivity index is 1.57. The molecule has 4 heterocycles. The van der Waals surface area contributed by atoms with E-state index in [1.54, 1.807) is 45.0 Å². The van der Waals surface area contributed by atoms with Crippen molar-refractivity contribution in [1.29, 1.82) is 0 Å². The van der Waals surface area contributed by atoms with E-state index >= 15 is 0 Å². The Hall–Kier alpha value is -3.31. The molecule has 0 radical (unpaired) electrons. The second-order valence-corrected chi connectivity index (χ2v) is 12.1. The second kappa shape index (κ2) is 12.5. The predicted octanol–water partition coefficient (Wildman–Crippen LogP) is 4.43. The normalized spacial score (nSPS) is 24.6. The summed E-state index contributed by atoms with van der Waals surface area (Å²) < 4.78 is 19.7. The van der Waals surface area contributed by atoms with E-state index in [0.717, 1.165) is 5.56 Å². The number of halogens is 2. The van der Waals surface area contributed by atoms with Crippen LogP contribution in [0.15, 0.2) is 66.0 Å². The third kappa shape index (κ3) is 5.56. The monoisotopic (exact) mass is 610 g/mol. The summed E-state index contributed by atoms with van der Waals surface area (Å²) >= 11 is 7.60. The Morgan fingerprint density at radius 2 is 1.55 bits per heavy atom. The smallest absolute Gasteiger partial charge is 0.321 e. The number of piperazine rings is 1. The zero-order valence-corrected chi connectivity index (χ0v) is 24.5. The molecule has 3 aliphatic heterocycles. The molecule has 4 atom stereocenters. The minimum absolute atomic E-state index is 0.158. The maximum absolute atomic E-state index is 14.6. The third-order valence-corrected chi connectivity index (χ3v) is 9.52. The van der Waals surface area contributed by atoms with E-state index < -0.39 is 29.7 Å². The van der Waals surface area contributed by atoms with Crippen LogP contribution in [0.2, 0.25) is 5.02 Å². The van der Waals surface area contributed by atoms with Gasteiger partial charge in [0.2, 0.25) is 5.91 Å². The van der Waals surface area contributed by atoms with E-state index in [9.17, 15) is 18.8 Å². The van der Waals surface area contributed by atoms with Gasteiger partial charge in [-0.3, -0.25) is 9.59 Å². The summed E-state index contributed by atoms with van der Waals surface area (Å²) in [5.74, 6) is -2.26. The second-order valence-electron chi connectivity index (χ2n) is 10.8. The Labute approximate surface area is 253 Å². The van der Waals surface area contributed by atoms with E-state index in [-0.39, 0.29) is 17.7 Å². The number of morpholine rings is 1. The molecule has 1 aromatic heterocycles. The van der Waals surface area contributed by atoms with Gasteiger partial charge in [0.05, 0.1) is 30.1 Å². The Kier molecular flexibility index (Phi) is 8.57. The highest BCUT2D eigenvalue weighted by molar-refractivity contribution is 7.12. The molecule has 3 saturated heterocycles. The van der Waals surface area contributed by atoms with Crippen LogP contribution in [-0.2, 0) is 9.53 Å². The molecule has 2 aromatic carbocycles. The first-order valence-electron chi connectivity index (χ1n) is 14.2. The van der Waals surface area contributed by atoms with Crippen LogP contribution in [0.25, 0.3) is 0 Å². The third-order valence-electron chi connectivity index (χ3n) is 8.38. The molecular weight excluding hydrogens is 579 g/mol. The summed E-state index contributed by atoms with van der Waals surface area (Å²) in [6, 6.07) is 14.5. The maximum Gasteiger partial charge on any atom is 0.321 e. The van der Waals surface area contributed by atoms with Gasteiger partial charge in [-0.05, 0) is 46.8 Å². The lowest BCUT2D eigenvalue weighted by Crippen LogP contribution is -2.57. The summed E-state index contributed by atoms with van der Waals surface area (Å²) in [7, 11) is 0. The average Bonchev–Trinajstić information content (AvgIpc) is 3.69. The van der Waals surface area contributed by atoms with Gasteiger partial charge >= 0.3 is 6.03 Å². The van der Waals surface area contributed by atoms with Gasteiger partial charge in [-0.15, -0.1) is 11.3 Å².